The zero-order chi connectivity index (χ0) is 13.1. The summed E-state index contributed by atoms with van der Waals surface area (Å²) in [6.45, 7) is 5.05. The monoisotopic (exact) mass is 253 g/mol. The highest BCUT2D eigenvalue weighted by atomic mass is 15.2. The summed E-state index contributed by atoms with van der Waals surface area (Å²) in [6, 6.07) is 15.3. The molecule has 2 aromatic rings. The van der Waals surface area contributed by atoms with E-state index in [0.29, 0.717) is 6.04 Å². The molecule has 0 amide bonds. The van der Waals surface area contributed by atoms with Gasteiger partial charge in [0.25, 0.3) is 0 Å². The van der Waals surface area contributed by atoms with Gasteiger partial charge in [-0.1, -0.05) is 30.3 Å². The number of aryl methyl sites for hydroxylation is 1. The van der Waals surface area contributed by atoms with Gasteiger partial charge in [-0.3, -0.25) is 4.98 Å². The summed E-state index contributed by atoms with van der Waals surface area (Å²) in [5.74, 6) is 0. The quantitative estimate of drug-likeness (QED) is 0.891. The summed E-state index contributed by atoms with van der Waals surface area (Å²) in [5, 5.41) is 3.48. The van der Waals surface area contributed by atoms with Crippen LogP contribution in [0.4, 0.5) is 5.69 Å². The van der Waals surface area contributed by atoms with Crippen molar-refractivity contribution in [3.8, 4) is 0 Å². The normalized spacial score (nSPS) is 19.4. The van der Waals surface area contributed by atoms with E-state index in [4.69, 9.17) is 0 Å². The van der Waals surface area contributed by atoms with Crippen LogP contribution in [0.25, 0.3) is 0 Å². The van der Waals surface area contributed by atoms with Crippen LogP contribution < -0.4 is 10.2 Å². The van der Waals surface area contributed by atoms with E-state index in [0.717, 1.165) is 25.3 Å². The molecule has 1 atom stereocenters. The van der Waals surface area contributed by atoms with Crippen molar-refractivity contribution >= 4 is 5.69 Å². The van der Waals surface area contributed by atoms with Gasteiger partial charge in [0, 0.05) is 25.3 Å². The van der Waals surface area contributed by atoms with E-state index >= 15 is 0 Å². The van der Waals surface area contributed by atoms with Crippen LogP contribution in [0.2, 0.25) is 0 Å². The predicted molar refractivity (Wildman–Crippen MR) is 78.4 cm³/mol. The number of benzene rings is 1. The molecule has 0 bridgehead atoms. The molecular weight excluding hydrogens is 234 g/mol. The van der Waals surface area contributed by atoms with E-state index in [1.807, 2.05) is 13.1 Å². The largest absolute Gasteiger partial charge is 0.361 e. The molecule has 1 aromatic carbocycles. The van der Waals surface area contributed by atoms with Gasteiger partial charge in [-0.05, 0) is 24.6 Å². The van der Waals surface area contributed by atoms with Crippen LogP contribution in [-0.2, 0) is 0 Å². The molecule has 0 saturated carbocycles. The molecular formula is C16H19N3. The summed E-state index contributed by atoms with van der Waals surface area (Å²) in [5.41, 5.74) is 3.63. The molecule has 1 N–H and O–H groups in total. The zero-order valence-corrected chi connectivity index (χ0v) is 11.2. The number of piperazine rings is 1. The predicted octanol–water partition coefficient (Wildman–Crippen LogP) is 2.54. The summed E-state index contributed by atoms with van der Waals surface area (Å²) in [4.78, 5) is 6.86. The second-order valence-electron chi connectivity index (χ2n) is 4.98. The second kappa shape index (κ2) is 5.41. The van der Waals surface area contributed by atoms with Crippen LogP contribution in [0.15, 0.2) is 48.7 Å². The van der Waals surface area contributed by atoms with Gasteiger partial charge in [-0.15, -0.1) is 0 Å². The van der Waals surface area contributed by atoms with Gasteiger partial charge in [0.15, 0.2) is 0 Å². The number of rotatable bonds is 2. The Morgan fingerprint density at radius 3 is 2.74 bits per heavy atom. The van der Waals surface area contributed by atoms with E-state index in [9.17, 15) is 0 Å². The number of nitrogens with zero attached hydrogens (tertiary/aromatic N) is 2. The van der Waals surface area contributed by atoms with E-state index in [1.54, 1.807) is 0 Å². The lowest BCUT2D eigenvalue weighted by atomic mass is 10.0. The van der Waals surface area contributed by atoms with E-state index in [-0.39, 0.29) is 0 Å². The van der Waals surface area contributed by atoms with Crippen molar-refractivity contribution in [1.82, 2.24) is 10.3 Å². The van der Waals surface area contributed by atoms with E-state index in [2.05, 4.69) is 57.7 Å². The lowest BCUT2D eigenvalue weighted by Gasteiger charge is -2.38. The molecule has 3 heteroatoms. The number of hydrogen-bond acceptors (Lipinski definition) is 3. The van der Waals surface area contributed by atoms with Crippen LogP contribution in [-0.4, -0.2) is 24.6 Å². The van der Waals surface area contributed by atoms with E-state index in [1.165, 1.54) is 11.3 Å². The first-order valence-corrected chi connectivity index (χ1v) is 6.79. The molecule has 2 heterocycles. The Balaban J connectivity index is 1.91. The van der Waals surface area contributed by atoms with Crippen LogP contribution >= 0.6 is 0 Å². The van der Waals surface area contributed by atoms with Crippen LogP contribution in [0.1, 0.15) is 17.3 Å². The molecule has 98 valence electrons. The Kier molecular flexibility index (Phi) is 3.47. The minimum absolute atomic E-state index is 0.388. The standard InChI is InChI=1S/C16H19N3/c1-13-7-8-15(11-18-13)19-10-9-17-12-16(19)14-5-3-2-4-6-14/h2-8,11,16-17H,9-10,12H2,1H3. The summed E-state index contributed by atoms with van der Waals surface area (Å²) < 4.78 is 0. The molecule has 3 nitrogen and oxygen atoms in total. The molecule has 1 fully saturated rings. The first-order valence-electron chi connectivity index (χ1n) is 6.79. The van der Waals surface area contributed by atoms with Crippen molar-refractivity contribution in [3.05, 3.63) is 59.9 Å². The Labute approximate surface area is 114 Å². The first kappa shape index (κ1) is 12.2. The first-order chi connectivity index (χ1) is 9.34. The van der Waals surface area contributed by atoms with Crippen molar-refractivity contribution in [2.24, 2.45) is 0 Å². The maximum absolute atomic E-state index is 4.42. The third-order valence-corrected chi connectivity index (χ3v) is 3.66. The summed E-state index contributed by atoms with van der Waals surface area (Å²) in [6.07, 6.45) is 1.98. The van der Waals surface area contributed by atoms with Crippen molar-refractivity contribution in [1.29, 1.82) is 0 Å². The van der Waals surface area contributed by atoms with Crippen molar-refractivity contribution in [3.63, 3.8) is 0 Å². The minimum atomic E-state index is 0.388. The van der Waals surface area contributed by atoms with Gasteiger partial charge in [-0.25, -0.2) is 0 Å². The van der Waals surface area contributed by atoms with Crippen molar-refractivity contribution in [2.45, 2.75) is 13.0 Å². The topological polar surface area (TPSA) is 28.2 Å². The highest BCUT2D eigenvalue weighted by molar-refractivity contribution is 5.48. The zero-order valence-electron chi connectivity index (χ0n) is 11.2. The highest BCUT2D eigenvalue weighted by Crippen LogP contribution is 2.27. The molecule has 0 aliphatic carbocycles. The Morgan fingerprint density at radius 1 is 1.16 bits per heavy atom. The number of aromatic nitrogens is 1. The minimum Gasteiger partial charge on any atom is -0.361 e. The van der Waals surface area contributed by atoms with Gasteiger partial charge in [0.05, 0.1) is 17.9 Å². The molecule has 0 radical (unpaired) electrons. The number of pyridine rings is 1. The summed E-state index contributed by atoms with van der Waals surface area (Å²) >= 11 is 0. The van der Waals surface area contributed by atoms with Gasteiger partial charge >= 0.3 is 0 Å². The SMILES string of the molecule is Cc1ccc(N2CCNCC2c2ccccc2)cn1. The molecule has 0 spiro atoms. The van der Waals surface area contributed by atoms with Crippen LogP contribution in [0.3, 0.4) is 0 Å². The third kappa shape index (κ3) is 2.61. The third-order valence-electron chi connectivity index (χ3n) is 3.66. The van der Waals surface area contributed by atoms with Gasteiger partial charge in [0.2, 0.25) is 0 Å². The molecule has 1 aromatic heterocycles. The van der Waals surface area contributed by atoms with Crippen LogP contribution in [0, 0.1) is 6.92 Å². The smallest absolute Gasteiger partial charge is 0.0668 e. The lowest BCUT2D eigenvalue weighted by Crippen LogP contribution is -2.46. The second-order valence-corrected chi connectivity index (χ2v) is 4.98. The fourth-order valence-corrected chi connectivity index (χ4v) is 2.62. The molecule has 1 aliphatic heterocycles. The van der Waals surface area contributed by atoms with Crippen molar-refractivity contribution in [2.75, 3.05) is 24.5 Å². The maximum atomic E-state index is 4.42. The average molecular weight is 253 g/mol. The molecule has 1 unspecified atom stereocenters. The fraction of sp³-hybridized carbons (Fsp3) is 0.312. The highest BCUT2D eigenvalue weighted by Gasteiger charge is 2.23. The Morgan fingerprint density at radius 2 is 2.00 bits per heavy atom. The van der Waals surface area contributed by atoms with Gasteiger partial charge in [0.1, 0.15) is 0 Å². The van der Waals surface area contributed by atoms with E-state index < -0.39 is 0 Å². The maximum Gasteiger partial charge on any atom is 0.0668 e. The van der Waals surface area contributed by atoms with Gasteiger partial charge in [-0.2, -0.15) is 0 Å². The fourth-order valence-electron chi connectivity index (χ4n) is 2.62. The number of anilines is 1. The summed E-state index contributed by atoms with van der Waals surface area (Å²) in [7, 11) is 0. The Hall–Kier alpha value is -1.87. The molecule has 1 saturated heterocycles. The molecule has 1 aliphatic rings. The lowest BCUT2D eigenvalue weighted by molar-refractivity contribution is 0.489. The number of hydrogen-bond donors (Lipinski definition) is 1. The molecule has 3 rings (SSSR count). The molecule has 19 heavy (non-hydrogen) atoms. The van der Waals surface area contributed by atoms with Gasteiger partial charge < -0.3 is 10.2 Å². The van der Waals surface area contributed by atoms with Crippen molar-refractivity contribution < 1.29 is 0 Å². The average Bonchev–Trinajstić information content (AvgIpc) is 2.49. The van der Waals surface area contributed by atoms with Crippen LogP contribution in [0.5, 0.6) is 0 Å². The Bertz CT molecular complexity index is 521. The number of nitrogens with one attached hydrogen (secondary N) is 1.